The third-order valence-corrected chi connectivity index (χ3v) is 15.5. The zero-order valence-electron chi connectivity index (χ0n) is 33.9. The third-order valence-electron chi connectivity index (χ3n) is 12.4. The summed E-state index contributed by atoms with van der Waals surface area (Å²) in [4.78, 5) is 67.8. The maximum atomic E-state index is 14.9. The number of rotatable bonds is 8. The van der Waals surface area contributed by atoms with Gasteiger partial charge in [-0.1, -0.05) is 26.0 Å². The van der Waals surface area contributed by atoms with E-state index >= 15 is 0 Å². The van der Waals surface area contributed by atoms with Gasteiger partial charge in [0.25, 0.3) is 5.91 Å². The van der Waals surface area contributed by atoms with E-state index < -0.39 is 99.0 Å². The number of sulfonamides is 1. The van der Waals surface area contributed by atoms with Gasteiger partial charge in [0.15, 0.2) is 0 Å². The highest BCUT2D eigenvalue weighted by Gasteiger charge is 2.63. The van der Waals surface area contributed by atoms with Crippen molar-refractivity contribution in [2.24, 2.45) is 17.8 Å². The number of aryl methyl sites for hydroxylation is 1. The Morgan fingerprint density at radius 3 is 2.57 bits per heavy atom. The van der Waals surface area contributed by atoms with E-state index in [0.717, 1.165) is 4.88 Å². The maximum Gasteiger partial charge on any atom is 0.430 e. The molecule has 15 nitrogen and oxygen atoms in total. The lowest BCUT2D eigenvalue weighted by atomic mass is 9.88. The van der Waals surface area contributed by atoms with Crippen molar-refractivity contribution in [1.29, 1.82) is 0 Å². The summed E-state index contributed by atoms with van der Waals surface area (Å²) in [5.41, 5.74) is -4.02. The summed E-state index contributed by atoms with van der Waals surface area (Å²) >= 11 is 1.43. The van der Waals surface area contributed by atoms with Crippen molar-refractivity contribution in [2.75, 3.05) is 19.8 Å². The topological polar surface area (TPSA) is 195 Å². The van der Waals surface area contributed by atoms with E-state index in [-0.39, 0.29) is 38.3 Å². The van der Waals surface area contributed by atoms with Crippen molar-refractivity contribution in [1.82, 2.24) is 30.2 Å². The smallest absolute Gasteiger partial charge is 0.430 e. The molecule has 0 bridgehead atoms. The molecule has 0 aromatic carbocycles. The number of carbonyl (C=O) groups is 4. The summed E-state index contributed by atoms with van der Waals surface area (Å²) < 4.78 is 87.3. The van der Waals surface area contributed by atoms with Gasteiger partial charge in [-0.05, 0) is 76.7 Å². The number of hydrogen-bond donors (Lipinski definition) is 3. The number of alkyl halides is 3. The molecule has 7 rings (SSSR count). The van der Waals surface area contributed by atoms with E-state index in [1.54, 1.807) is 38.3 Å². The fourth-order valence-electron chi connectivity index (χ4n) is 8.33. The molecule has 2 aliphatic carbocycles. The summed E-state index contributed by atoms with van der Waals surface area (Å²) in [5, 5.41) is 5.90. The number of fused-ring (bicyclic) bond motifs is 2. The number of nitrogens with zero attached hydrogens (tertiary/aromatic N) is 3. The minimum atomic E-state index is -4.96. The van der Waals surface area contributed by atoms with Crippen LogP contribution >= 0.6 is 11.3 Å². The normalized spacial score (nSPS) is 32.5. The first-order valence-electron chi connectivity index (χ1n) is 20.3. The van der Waals surface area contributed by atoms with E-state index in [1.165, 1.54) is 22.4 Å². The van der Waals surface area contributed by atoms with Gasteiger partial charge >= 0.3 is 12.3 Å². The second kappa shape index (κ2) is 16.5. The average molecular weight is 881 g/mol. The Labute approximate surface area is 350 Å². The quantitative estimate of drug-likeness (QED) is 0.304. The number of ether oxygens (including phenoxy) is 3. The molecule has 0 spiro atoms. The summed E-state index contributed by atoms with van der Waals surface area (Å²) in [6.07, 6.45) is 1.44. The Bertz CT molecular complexity index is 2120. The molecular formula is C40H51F3N6O9S2. The molecule has 3 aliphatic heterocycles. The molecule has 2 unspecified atom stereocenters. The monoisotopic (exact) mass is 880 g/mol. The average Bonchev–Trinajstić information content (AvgIpc) is 3.99. The molecule has 60 heavy (non-hydrogen) atoms. The van der Waals surface area contributed by atoms with Crippen LogP contribution in [-0.4, -0.2) is 107 Å². The molecule has 2 saturated carbocycles. The number of carbonyl (C=O) groups excluding carboxylic acids is 4. The molecule has 0 radical (unpaired) electrons. The predicted octanol–water partition coefficient (Wildman–Crippen LogP) is 4.95. The number of pyridine rings is 1. The van der Waals surface area contributed by atoms with Crippen molar-refractivity contribution in [3.63, 3.8) is 0 Å². The van der Waals surface area contributed by atoms with Crippen molar-refractivity contribution in [3.8, 4) is 16.5 Å². The van der Waals surface area contributed by atoms with Crippen molar-refractivity contribution in [3.05, 3.63) is 41.6 Å². The number of allylic oxidation sites excluding steroid dienone is 1. The van der Waals surface area contributed by atoms with Gasteiger partial charge in [0.1, 0.15) is 40.2 Å². The van der Waals surface area contributed by atoms with Crippen LogP contribution in [0.5, 0.6) is 5.75 Å². The van der Waals surface area contributed by atoms with Crippen LogP contribution in [0.4, 0.5) is 18.0 Å². The van der Waals surface area contributed by atoms with E-state index in [2.05, 4.69) is 25.3 Å². The number of nitrogens with one attached hydrogen (secondary N) is 3. The predicted molar refractivity (Wildman–Crippen MR) is 212 cm³/mol. The van der Waals surface area contributed by atoms with E-state index in [0.29, 0.717) is 48.6 Å². The van der Waals surface area contributed by atoms with Crippen LogP contribution in [0.15, 0.2) is 36.7 Å². The fourth-order valence-corrected chi connectivity index (χ4v) is 10.4. The zero-order valence-corrected chi connectivity index (χ0v) is 35.5. The van der Waals surface area contributed by atoms with Crippen LogP contribution < -0.4 is 20.1 Å². The minimum Gasteiger partial charge on any atom is -0.488 e. The molecule has 3 N–H and O–H groups in total. The minimum absolute atomic E-state index is 0.00244. The largest absolute Gasteiger partial charge is 0.488 e. The highest BCUT2D eigenvalue weighted by Crippen LogP contribution is 2.48. The number of alkyl carbamates (subject to hydrolysis) is 1. The maximum absolute atomic E-state index is 14.9. The van der Waals surface area contributed by atoms with Gasteiger partial charge in [-0.15, -0.1) is 11.3 Å². The molecule has 4 amide bonds. The number of hydrogen-bond acceptors (Lipinski definition) is 12. The van der Waals surface area contributed by atoms with E-state index in [4.69, 9.17) is 14.2 Å². The molecule has 2 aromatic rings. The van der Waals surface area contributed by atoms with Gasteiger partial charge in [0.05, 0.1) is 17.9 Å². The molecule has 2 saturated heterocycles. The Morgan fingerprint density at radius 1 is 1.13 bits per heavy atom. The first-order chi connectivity index (χ1) is 28.2. The summed E-state index contributed by atoms with van der Waals surface area (Å²) in [7, 11) is -4.08. The number of thiazole rings is 1. The summed E-state index contributed by atoms with van der Waals surface area (Å²) in [6.45, 7) is 6.08. The second-order valence-corrected chi connectivity index (χ2v) is 20.7. The van der Waals surface area contributed by atoms with E-state index in [1.807, 2.05) is 19.9 Å². The Hall–Kier alpha value is -4.30. The van der Waals surface area contributed by atoms with Gasteiger partial charge in [0, 0.05) is 48.7 Å². The molecular weight excluding hydrogens is 830 g/mol. The van der Waals surface area contributed by atoms with Crippen molar-refractivity contribution < 1.29 is 55.0 Å². The molecule has 5 aliphatic rings. The molecule has 2 aromatic heterocycles. The van der Waals surface area contributed by atoms with Crippen LogP contribution in [0.25, 0.3) is 10.7 Å². The van der Waals surface area contributed by atoms with Gasteiger partial charge in [0.2, 0.25) is 27.4 Å². The van der Waals surface area contributed by atoms with Crippen LogP contribution in [-0.2, 0) is 33.9 Å². The Balaban J connectivity index is 1.20. The Morgan fingerprint density at radius 2 is 1.90 bits per heavy atom. The Kier molecular flexibility index (Phi) is 12.1. The van der Waals surface area contributed by atoms with Gasteiger partial charge in [-0.25, -0.2) is 18.2 Å². The molecule has 4 fully saturated rings. The second-order valence-electron chi connectivity index (χ2n) is 17.3. The lowest BCUT2D eigenvalue weighted by Gasteiger charge is -2.38. The lowest BCUT2D eigenvalue weighted by molar-refractivity contribution is -0.285. The summed E-state index contributed by atoms with van der Waals surface area (Å²) in [5.74, 6) is -3.29. The molecule has 328 valence electrons. The van der Waals surface area contributed by atoms with Gasteiger partial charge < -0.3 is 29.7 Å². The van der Waals surface area contributed by atoms with Crippen molar-refractivity contribution >= 4 is 45.2 Å². The van der Waals surface area contributed by atoms with Crippen molar-refractivity contribution in [2.45, 2.75) is 126 Å². The SMILES string of the molecule is Cc1cnc(-c2cc(O[C@@H]3C[C@H]4C(=O)N[C@]5(C(=O)NS(=O)(=O)C6(C)CC6)CC5/C=C\CC[C@@H](C)C[C@@H](C)[C@H](NC(=O)OC5(C(F)(F)F)CCCOC5)C(=O)N4C3)ccn2)s1. The fraction of sp³-hybridized carbons (Fsp3) is 0.650. The third kappa shape index (κ3) is 9.00. The first kappa shape index (κ1) is 43.8. The highest BCUT2D eigenvalue weighted by molar-refractivity contribution is 7.91. The van der Waals surface area contributed by atoms with Gasteiger partial charge in [-0.2, -0.15) is 13.2 Å². The number of aromatic nitrogens is 2. The van der Waals surface area contributed by atoms with Crippen LogP contribution in [0.3, 0.4) is 0 Å². The molecule has 5 heterocycles. The number of amides is 4. The highest BCUT2D eigenvalue weighted by atomic mass is 32.2. The van der Waals surface area contributed by atoms with Crippen LogP contribution in [0.1, 0.15) is 83.4 Å². The first-order valence-corrected chi connectivity index (χ1v) is 22.6. The molecule has 8 atom stereocenters. The number of halogens is 3. The van der Waals surface area contributed by atoms with Crippen LogP contribution in [0.2, 0.25) is 0 Å². The lowest BCUT2D eigenvalue weighted by Crippen LogP contribution is -2.60. The zero-order chi connectivity index (χ0) is 43.3. The molecule has 20 heteroatoms. The van der Waals surface area contributed by atoms with Gasteiger partial charge in [-0.3, -0.25) is 24.1 Å². The van der Waals surface area contributed by atoms with Crippen LogP contribution in [0, 0.1) is 24.7 Å². The van der Waals surface area contributed by atoms with E-state index in [9.17, 15) is 40.8 Å². The standard InChI is InChI=1S/C40H51F3N6O9S2/c1-23-8-5-6-9-26-19-39(26,35(52)48-60(54,55)37(4)12-13-37)47-32(50)30-18-28(57-27-10-14-44-29(17-27)33-45-20-25(3)59-33)21-49(30)34(51)31(24(2)16-23)46-36(53)58-38(40(41,42)43)11-7-15-56-22-38/h6,9-10,14,17,20,23-24,26,28,30-31H,5,7-8,11-13,15-16,18-19,21-22H2,1-4H3,(H,46,53)(H,47,50)(H,48,52)/b9-6-/t23-,24-,26?,28-,30+,31+,38?,39-/m1/s1. The summed E-state index contributed by atoms with van der Waals surface area (Å²) in [6, 6.07) is 0.535.